The molecule has 2 heterocycles. The van der Waals surface area contributed by atoms with Crippen LogP contribution >= 0.6 is 11.6 Å². The van der Waals surface area contributed by atoms with E-state index in [0.29, 0.717) is 23.7 Å². The van der Waals surface area contributed by atoms with Crippen molar-refractivity contribution in [2.45, 2.75) is 18.6 Å². The van der Waals surface area contributed by atoms with Crippen molar-refractivity contribution in [2.24, 2.45) is 0 Å². The van der Waals surface area contributed by atoms with E-state index in [1.54, 1.807) is 30.2 Å². The Bertz CT molecular complexity index is 699. The second-order valence-corrected chi connectivity index (χ2v) is 5.94. The van der Waals surface area contributed by atoms with Crippen LogP contribution in [-0.2, 0) is 4.74 Å². The molecule has 0 unspecified atom stereocenters. The molecule has 5 nitrogen and oxygen atoms in total. The van der Waals surface area contributed by atoms with Crippen LogP contribution < -0.4 is 0 Å². The minimum atomic E-state index is -0.249. The quantitative estimate of drug-likeness (QED) is 0.933. The maximum Gasteiger partial charge on any atom is 0.290 e. The highest BCUT2D eigenvalue weighted by Gasteiger charge is 2.36. The van der Waals surface area contributed by atoms with Crippen LogP contribution in [0.3, 0.4) is 0 Å². The summed E-state index contributed by atoms with van der Waals surface area (Å²) in [5.41, 5.74) is 0.739. The van der Waals surface area contributed by atoms with Gasteiger partial charge in [-0.2, -0.15) is 0 Å². The Morgan fingerprint density at radius 3 is 2.87 bits per heavy atom. The maximum absolute atomic E-state index is 12.6. The number of hydrogen-bond donors (Lipinski definition) is 1. The molecular weight excluding hydrogens is 318 g/mol. The first-order valence-corrected chi connectivity index (χ1v) is 7.81. The van der Waals surface area contributed by atoms with Crippen LogP contribution in [0, 0.1) is 0 Å². The summed E-state index contributed by atoms with van der Waals surface area (Å²) in [7, 11) is 1.61. The largest absolute Gasteiger partial charge is 0.451 e. The van der Waals surface area contributed by atoms with Gasteiger partial charge in [0.05, 0.1) is 23.8 Å². The SMILES string of the molecule is CO[C@@H]1C[C@@H](CO)N(C(=O)c2ccc(-c3ccccc3Cl)o2)C1. The molecule has 1 aromatic carbocycles. The van der Waals surface area contributed by atoms with E-state index in [-0.39, 0.29) is 30.4 Å². The molecule has 1 aromatic heterocycles. The molecule has 1 N–H and O–H groups in total. The number of rotatable bonds is 4. The Morgan fingerprint density at radius 1 is 1.39 bits per heavy atom. The molecular formula is C17H18ClNO4. The van der Waals surface area contributed by atoms with Gasteiger partial charge in [0.15, 0.2) is 5.76 Å². The topological polar surface area (TPSA) is 62.9 Å². The summed E-state index contributed by atoms with van der Waals surface area (Å²) in [6.07, 6.45) is 0.561. The van der Waals surface area contributed by atoms with E-state index in [9.17, 15) is 9.90 Å². The summed E-state index contributed by atoms with van der Waals surface area (Å²) in [4.78, 5) is 14.2. The average molecular weight is 336 g/mol. The van der Waals surface area contributed by atoms with E-state index in [0.717, 1.165) is 5.56 Å². The van der Waals surface area contributed by atoms with Crippen LogP contribution in [0.1, 0.15) is 17.0 Å². The number of benzene rings is 1. The normalized spacial score (nSPS) is 20.9. The monoisotopic (exact) mass is 335 g/mol. The molecule has 0 saturated carbocycles. The highest BCUT2D eigenvalue weighted by atomic mass is 35.5. The number of carbonyl (C=O) groups is 1. The summed E-state index contributed by atoms with van der Waals surface area (Å²) >= 11 is 6.15. The molecule has 122 valence electrons. The van der Waals surface area contributed by atoms with Gasteiger partial charge in [0.1, 0.15) is 5.76 Å². The Morgan fingerprint density at radius 2 is 2.17 bits per heavy atom. The van der Waals surface area contributed by atoms with E-state index in [1.807, 2.05) is 18.2 Å². The minimum absolute atomic E-state index is 0.0610. The zero-order valence-electron chi connectivity index (χ0n) is 12.7. The molecule has 1 aliphatic rings. The number of hydrogen-bond acceptors (Lipinski definition) is 4. The van der Waals surface area contributed by atoms with E-state index in [1.165, 1.54) is 0 Å². The first-order chi connectivity index (χ1) is 11.1. The fourth-order valence-corrected chi connectivity index (χ4v) is 3.10. The molecule has 3 rings (SSSR count). The first-order valence-electron chi connectivity index (χ1n) is 7.43. The highest BCUT2D eigenvalue weighted by Crippen LogP contribution is 2.30. The van der Waals surface area contributed by atoms with Gasteiger partial charge in [0.2, 0.25) is 0 Å². The standard InChI is InChI=1S/C17H18ClNO4/c1-22-12-8-11(10-20)19(9-12)17(21)16-7-6-15(23-16)13-4-2-3-5-14(13)18/h2-7,11-12,20H,8-10H2,1H3/t11-,12+/m0/s1. The molecule has 1 amide bonds. The summed E-state index contributed by atoms with van der Waals surface area (Å²) in [6, 6.07) is 10.4. The van der Waals surface area contributed by atoms with Crippen LogP contribution in [0.4, 0.5) is 0 Å². The van der Waals surface area contributed by atoms with Gasteiger partial charge in [0.25, 0.3) is 5.91 Å². The van der Waals surface area contributed by atoms with Crippen molar-refractivity contribution in [1.82, 2.24) is 4.90 Å². The Balaban J connectivity index is 1.83. The first kappa shape index (κ1) is 16.1. The van der Waals surface area contributed by atoms with Crippen molar-refractivity contribution in [1.29, 1.82) is 0 Å². The predicted octanol–water partition coefficient (Wildman–Crippen LogP) is 2.82. The Kier molecular flexibility index (Phi) is 4.71. The van der Waals surface area contributed by atoms with E-state index < -0.39 is 0 Å². The minimum Gasteiger partial charge on any atom is -0.451 e. The lowest BCUT2D eigenvalue weighted by atomic mass is 10.2. The second-order valence-electron chi connectivity index (χ2n) is 5.53. The molecule has 0 spiro atoms. The number of carbonyl (C=O) groups excluding carboxylic acids is 1. The second kappa shape index (κ2) is 6.74. The van der Waals surface area contributed by atoms with Crippen molar-refractivity contribution in [3.05, 3.63) is 47.2 Å². The number of furan rings is 1. The van der Waals surface area contributed by atoms with Crippen molar-refractivity contribution >= 4 is 17.5 Å². The zero-order chi connectivity index (χ0) is 16.4. The number of methoxy groups -OCH3 is 1. The van der Waals surface area contributed by atoms with Crippen molar-refractivity contribution in [3.63, 3.8) is 0 Å². The third-order valence-electron chi connectivity index (χ3n) is 4.14. The summed E-state index contributed by atoms with van der Waals surface area (Å²) in [5, 5.41) is 10.0. The van der Waals surface area contributed by atoms with Gasteiger partial charge >= 0.3 is 0 Å². The van der Waals surface area contributed by atoms with Crippen molar-refractivity contribution in [2.75, 3.05) is 20.3 Å². The molecule has 2 aromatic rings. The Hall–Kier alpha value is -1.82. The summed E-state index contributed by atoms with van der Waals surface area (Å²) in [6.45, 7) is 0.354. The molecule has 23 heavy (non-hydrogen) atoms. The zero-order valence-corrected chi connectivity index (χ0v) is 13.5. The van der Waals surface area contributed by atoms with Crippen LogP contribution in [-0.4, -0.2) is 48.3 Å². The van der Waals surface area contributed by atoms with Gasteiger partial charge in [-0.25, -0.2) is 0 Å². The molecule has 0 aliphatic carbocycles. The van der Waals surface area contributed by atoms with Gasteiger partial charge < -0.3 is 19.2 Å². The molecule has 1 aliphatic heterocycles. The van der Waals surface area contributed by atoms with Gasteiger partial charge in [-0.05, 0) is 30.7 Å². The number of amides is 1. The summed E-state index contributed by atoms with van der Waals surface area (Å²) < 4.78 is 11.0. The van der Waals surface area contributed by atoms with Crippen LogP contribution in [0.15, 0.2) is 40.8 Å². The number of aliphatic hydroxyl groups excluding tert-OH is 1. The van der Waals surface area contributed by atoms with Gasteiger partial charge in [0, 0.05) is 19.2 Å². The summed E-state index contributed by atoms with van der Waals surface area (Å²) in [5.74, 6) is 0.527. The van der Waals surface area contributed by atoms with E-state index in [4.69, 9.17) is 20.8 Å². The number of aliphatic hydroxyl groups is 1. The number of likely N-dealkylation sites (tertiary alicyclic amines) is 1. The molecule has 0 bridgehead atoms. The number of halogens is 1. The fraction of sp³-hybridized carbons (Fsp3) is 0.353. The molecule has 0 radical (unpaired) electrons. The number of ether oxygens (including phenoxy) is 1. The Labute approximate surface area is 139 Å². The molecule has 6 heteroatoms. The maximum atomic E-state index is 12.6. The number of nitrogens with zero attached hydrogens (tertiary/aromatic N) is 1. The third-order valence-corrected chi connectivity index (χ3v) is 4.47. The van der Waals surface area contributed by atoms with Crippen LogP contribution in [0.25, 0.3) is 11.3 Å². The molecule has 2 atom stereocenters. The van der Waals surface area contributed by atoms with Gasteiger partial charge in [-0.3, -0.25) is 4.79 Å². The van der Waals surface area contributed by atoms with Gasteiger partial charge in [-0.1, -0.05) is 23.7 Å². The van der Waals surface area contributed by atoms with Crippen molar-refractivity contribution < 1.29 is 19.1 Å². The lowest BCUT2D eigenvalue weighted by Gasteiger charge is -2.21. The van der Waals surface area contributed by atoms with Gasteiger partial charge in [-0.15, -0.1) is 0 Å². The third kappa shape index (κ3) is 3.13. The average Bonchev–Trinajstić information content (AvgIpc) is 3.21. The van der Waals surface area contributed by atoms with E-state index >= 15 is 0 Å². The fourth-order valence-electron chi connectivity index (χ4n) is 2.87. The van der Waals surface area contributed by atoms with Crippen LogP contribution in [0.2, 0.25) is 5.02 Å². The molecule has 1 saturated heterocycles. The molecule has 1 fully saturated rings. The smallest absolute Gasteiger partial charge is 0.290 e. The highest BCUT2D eigenvalue weighted by molar-refractivity contribution is 6.33. The lowest BCUT2D eigenvalue weighted by molar-refractivity contribution is 0.0618. The van der Waals surface area contributed by atoms with E-state index in [2.05, 4.69) is 0 Å². The van der Waals surface area contributed by atoms with Crippen LogP contribution in [0.5, 0.6) is 0 Å². The lowest BCUT2D eigenvalue weighted by Crippen LogP contribution is -2.37. The van der Waals surface area contributed by atoms with Crippen molar-refractivity contribution in [3.8, 4) is 11.3 Å². The predicted molar refractivity (Wildman–Crippen MR) is 86.5 cm³/mol.